The Morgan fingerprint density at radius 3 is 2.60 bits per heavy atom. The molecule has 164 valence electrons. The number of hydrogen-bond acceptors (Lipinski definition) is 6. The average Bonchev–Trinajstić information content (AvgIpc) is 3.42. The minimum absolute atomic E-state index is 0.0222. The molecule has 3 fully saturated rings. The molecule has 1 aliphatic carbocycles. The van der Waals surface area contributed by atoms with Gasteiger partial charge in [-0.05, 0) is 25.7 Å². The van der Waals surface area contributed by atoms with Crippen LogP contribution < -0.4 is 15.8 Å². The number of piperidine rings is 1. The Morgan fingerprint density at radius 1 is 1.13 bits per heavy atom. The van der Waals surface area contributed by atoms with Crippen LogP contribution in [0.4, 0.5) is 10.5 Å². The molecule has 2 N–H and O–H groups in total. The third-order valence-electron chi connectivity index (χ3n) is 6.37. The Hall–Kier alpha value is -2.29. The molecule has 3 aliphatic rings. The summed E-state index contributed by atoms with van der Waals surface area (Å²) in [4.78, 5) is 40.3. The number of amides is 2. The summed E-state index contributed by atoms with van der Waals surface area (Å²) in [6.45, 7) is 2.47. The second-order valence-corrected chi connectivity index (χ2v) is 8.76. The van der Waals surface area contributed by atoms with Crippen molar-refractivity contribution in [3.05, 3.63) is 21.6 Å². The Labute approximate surface area is 180 Å². The van der Waals surface area contributed by atoms with Crippen LogP contribution in [-0.2, 0) is 9.53 Å². The van der Waals surface area contributed by atoms with Gasteiger partial charge in [0.1, 0.15) is 11.1 Å². The predicted molar refractivity (Wildman–Crippen MR) is 112 cm³/mol. The van der Waals surface area contributed by atoms with E-state index in [-0.39, 0.29) is 29.0 Å². The van der Waals surface area contributed by atoms with Gasteiger partial charge in [-0.15, -0.1) is 0 Å². The number of hydrogen-bond donors (Lipinski definition) is 2. The number of likely N-dealkylation sites (tertiary alicyclic amines) is 1. The number of nitrogens with one attached hydrogen (secondary N) is 2. The summed E-state index contributed by atoms with van der Waals surface area (Å²) in [6, 6.07) is 0.0222. The lowest BCUT2D eigenvalue weighted by Gasteiger charge is -2.33. The van der Waals surface area contributed by atoms with Crippen molar-refractivity contribution in [3.63, 3.8) is 0 Å². The molecule has 10 heteroatoms. The number of halogens is 1. The number of anilines is 1. The van der Waals surface area contributed by atoms with Crippen molar-refractivity contribution in [1.82, 2.24) is 20.4 Å². The van der Waals surface area contributed by atoms with Gasteiger partial charge in [0.2, 0.25) is 5.91 Å². The molecule has 30 heavy (non-hydrogen) atoms. The summed E-state index contributed by atoms with van der Waals surface area (Å²) in [5.41, 5.74) is 0.111. The summed E-state index contributed by atoms with van der Waals surface area (Å²) >= 11 is 6.06. The van der Waals surface area contributed by atoms with Crippen molar-refractivity contribution in [3.8, 4) is 0 Å². The lowest BCUT2D eigenvalue weighted by atomic mass is 10.0. The molecule has 2 saturated heterocycles. The summed E-state index contributed by atoms with van der Waals surface area (Å²) in [6.07, 6.45) is 7.29. The monoisotopic (exact) mass is 437 g/mol. The lowest BCUT2D eigenvalue weighted by molar-refractivity contribution is -0.136. The maximum Gasteiger partial charge on any atom is 0.407 e. The van der Waals surface area contributed by atoms with Gasteiger partial charge < -0.3 is 19.9 Å². The minimum Gasteiger partial charge on any atom is -0.444 e. The highest BCUT2D eigenvalue weighted by molar-refractivity contribution is 6.33. The number of aromatic amines is 1. The summed E-state index contributed by atoms with van der Waals surface area (Å²) in [5.74, 6) is 0.487. The molecule has 0 aromatic carbocycles. The van der Waals surface area contributed by atoms with Crippen LogP contribution in [0.2, 0.25) is 5.02 Å². The quantitative estimate of drug-likeness (QED) is 0.745. The van der Waals surface area contributed by atoms with Crippen LogP contribution in [0.1, 0.15) is 44.9 Å². The van der Waals surface area contributed by atoms with E-state index < -0.39 is 11.7 Å². The fraction of sp³-hybridized carbons (Fsp3) is 0.700. The van der Waals surface area contributed by atoms with Gasteiger partial charge >= 0.3 is 6.09 Å². The van der Waals surface area contributed by atoms with Crippen molar-refractivity contribution in [1.29, 1.82) is 0 Å². The second kappa shape index (κ2) is 9.24. The van der Waals surface area contributed by atoms with Crippen LogP contribution >= 0.6 is 11.6 Å². The standard InChI is InChI=1S/C20H28ClN5O4/c21-17-16(11-22-24-18(17)27)26-10-7-15(12-26)30-20(29)23-14-5-8-25(9-6-14)19(28)13-3-1-2-4-13/h11,13-15H,1-10,12H2,(H,23,29)(H,24,27)/t15-/m1/s1. The number of aromatic nitrogens is 2. The van der Waals surface area contributed by atoms with Gasteiger partial charge in [-0.1, -0.05) is 24.4 Å². The molecule has 4 rings (SSSR count). The third-order valence-corrected chi connectivity index (χ3v) is 6.73. The predicted octanol–water partition coefficient (Wildman–Crippen LogP) is 1.91. The van der Waals surface area contributed by atoms with E-state index in [0.29, 0.717) is 38.3 Å². The molecule has 1 aromatic heterocycles. The molecule has 0 bridgehead atoms. The molecule has 1 saturated carbocycles. The molecular formula is C20H28ClN5O4. The highest BCUT2D eigenvalue weighted by Gasteiger charge is 2.32. The molecule has 3 heterocycles. The molecule has 0 radical (unpaired) electrons. The van der Waals surface area contributed by atoms with E-state index in [1.165, 1.54) is 6.20 Å². The summed E-state index contributed by atoms with van der Waals surface area (Å²) < 4.78 is 5.57. The van der Waals surface area contributed by atoms with Crippen molar-refractivity contribution in [2.24, 2.45) is 5.92 Å². The normalized spacial score (nSPS) is 23.0. The van der Waals surface area contributed by atoms with E-state index in [0.717, 1.165) is 38.5 Å². The second-order valence-electron chi connectivity index (χ2n) is 8.39. The number of H-pyrrole nitrogens is 1. The van der Waals surface area contributed by atoms with Crippen LogP contribution in [0.5, 0.6) is 0 Å². The third kappa shape index (κ3) is 4.71. The average molecular weight is 438 g/mol. The number of nitrogens with zero attached hydrogens (tertiary/aromatic N) is 3. The highest BCUT2D eigenvalue weighted by Crippen LogP contribution is 2.28. The smallest absolute Gasteiger partial charge is 0.407 e. The van der Waals surface area contributed by atoms with Crippen LogP contribution in [0.3, 0.4) is 0 Å². The molecule has 0 unspecified atom stereocenters. The van der Waals surface area contributed by atoms with Crippen LogP contribution in [0.15, 0.2) is 11.0 Å². The SMILES string of the molecule is O=C(NC1CCN(C(=O)C2CCCC2)CC1)O[C@@H]1CCN(c2cn[nH]c(=O)c2Cl)C1. The number of rotatable bonds is 4. The molecule has 1 atom stereocenters. The minimum atomic E-state index is -0.436. The Kier molecular flexibility index (Phi) is 6.46. The van der Waals surface area contributed by atoms with E-state index in [9.17, 15) is 14.4 Å². The molecule has 9 nitrogen and oxygen atoms in total. The highest BCUT2D eigenvalue weighted by atomic mass is 35.5. The Balaban J connectivity index is 1.21. The van der Waals surface area contributed by atoms with E-state index in [2.05, 4.69) is 15.5 Å². The van der Waals surface area contributed by atoms with E-state index in [1.807, 2.05) is 9.80 Å². The lowest BCUT2D eigenvalue weighted by Crippen LogP contribution is -2.48. The van der Waals surface area contributed by atoms with Gasteiger partial charge in [-0.25, -0.2) is 9.89 Å². The first-order valence-corrected chi connectivity index (χ1v) is 11.1. The number of carbonyl (C=O) groups excluding carboxylic acids is 2. The van der Waals surface area contributed by atoms with Crippen LogP contribution in [0, 0.1) is 5.92 Å². The van der Waals surface area contributed by atoms with E-state index in [4.69, 9.17) is 16.3 Å². The molecule has 1 aromatic rings. The number of alkyl carbamates (subject to hydrolysis) is 1. The maximum absolute atomic E-state index is 12.5. The zero-order chi connectivity index (χ0) is 21.1. The van der Waals surface area contributed by atoms with Crippen LogP contribution in [-0.4, -0.2) is 65.4 Å². The van der Waals surface area contributed by atoms with E-state index in [1.54, 1.807) is 0 Å². The number of carbonyl (C=O) groups is 2. The maximum atomic E-state index is 12.5. The van der Waals surface area contributed by atoms with Crippen LogP contribution in [0.25, 0.3) is 0 Å². The van der Waals surface area contributed by atoms with E-state index >= 15 is 0 Å². The zero-order valence-electron chi connectivity index (χ0n) is 16.9. The van der Waals surface area contributed by atoms with Gasteiger partial charge in [0.25, 0.3) is 5.56 Å². The summed E-state index contributed by atoms with van der Waals surface area (Å²) in [7, 11) is 0. The van der Waals surface area contributed by atoms with Gasteiger partial charge in [0.05, 0.1) is 18.4 Å². The molecule has 0 spiro atoms. The first kappa shape index (κ1) is 21.0. The molecule has 2 aliphatic heterocycles. The van der Waals surface area contributed by atoms with Gasteiger partial charge in [-0.2, -0.15) is 5.10 Å². The molecule has 2 amide bonds. The first-order chi connectivity index (χ1) is 14.5. The first-order valence-electron chi connectivity index (χ1n) is 10.8. The fourth-order valence-electron chi connectivity index (χ4n) is 4.67. The van der Waals surface area contributed by atoms with Crippen molar-refractivity contribution < 1.29 is 14.3 Å². The largest absolute Gasteiger partial charge is 0.444 e. The van der Waals surface area contributed by atoms with Gasteiger partial charge in [0, 0.05) is 38.0 Å². The zero-order valence-corrected chi connectivity index (χ0v) is 17.7. The van der Waals surface area contributed by atoms with Crippen molar-refractivity contribution >= 4 is 29.3 Å². The Morgan fingerprint density at radius 2 is 1.87 bits per heavy atom. The van der Waals surface area contributed by atoms with Crippen molar-refractivity contribution in [2.45, 2.75) is 57.1 Å². The number of ether oxygens (including phenoxy) is 1. The molecular weight excluding hydrogens is 410 g/mol. The van der Waals surface area contributed by atoms with Gasteiger partial charge in [-0.3, -0.25) is 9.59 Å². The van der Waals surface area contributed by atoms with Gasteiger partial charge in [0.15, 0.2) is 0 Å². The topological polar surface area (TPSA) is 108 Å². The van der Waals surface area contributed by atoms with Crippen molar-refractivity contribution in [2.75, 3.05) is 31.1 Å². The Bertz CT molecular complexity index is 833. The summed E-state index contributed by atoms with van der Waals surface area (Å²) in [5, 5.41) is 9.11. The fourth-order valence-corrected chi connectivity index (χ4v) is 4.88.